The van der Waals surface area contributed by atoms with Gasteiger partial charge in [0.15, 0.2) is 5.78 Å². The van der Waals surface area contributed by atoms with E-state index in [9.17, 15) is 14.7 Å². The summed E-state index contributed by atoms with van der Waals surface area (Å²) in [6, 6.07) is 6.91. The first kappa shape index (κ1) is 17.5. The van der Waals surface area contributed by atoms with Crippen LogP contribution in [0.2, 0.25) is 0 Å². The van der Waals surface area contributed by atoms with Gasteiger partial charge in [0, 0.05) is 5.56 Å². The number of rotatable bonds is 3. The molecule has 0 saturated heterocycles. The number of carbonyl (C=O) groups is 2. The van der Waals surface area contributed by atoms with Crippen LogP contribution in [0.1, 0.15) is 50.0 Å². The number of Topliss-reactive ketones (excluding diaryl/α,β-unsaturated/α-hetero) is 1. The fraction of sp³-hybridized carbons (Fsp3) is 0.556. The van der Waals surface area contributed by atoms with E-state index < -0.39 is 29.8 Å². The van der Waals surface area contributed by atoms with Crippen molar-refractivity contribution in [3.8, 4) is 0 Å². The number of ketones is 1. The summed E-state index contributed by atoms with van der Waals surface area (Å²) in [7, 11) is 0. The van der Waals surface area contributed by atoms with Crippen LogP contribution in [-0.2, 0) is 11.2 Å². The minimum absolute atomic E-state index is 0.0582. The van der Waals surface area contributed by atoms with Gasteiger partial charge in [-0.1, -0.05) is 24.3 Å². The lowest BCUT2D eigenvalue weighted by atomic mass is 9.78. The van der Waals surface area contributed by atoms with Gasteiger partial charge in [-0.05, 0) is 46.1 Å². The van der Waals surface area contributed by atoms with E-state index in [0.717, 1.165) is 12.0 Å². The lowest BCUT2D eigenvalue weighted by Crippen LogP contribution is -2.48. The van der Waals surface area contributed by atoms with E-state index in [0.29, 0.717) is 12.0 Å². The Balaban J connectivity index is 2.02. The maximum Gasteiger partial charge on any atom is 0.407 e. The molecule has 1 amide bonds. The summed E-state index contributed by atoms with van der Waals surface area (Å²) in [6.07, 6.45) is -0.198. The molecule has 2 N–H and O–H groups in total. The molecule has 1 aliphatic rings. The zero-order valence-electron chi connectivity index (χ0n) is 14.1. The van der Waals surface area contributed by atoms with Gasteiger partial charge < -0.3 is 15.2 Å². The Labute approximate surface area is 137 Å². The summed E-state index contributed by atoms with van der Waals surface area (Å²) in [4.78, 5) is 24.4. The highest BCUT2D eigenvalue weighted by Gasteiger charge is 2.36. The predicted octanol–water partition coefficient (Wildman–Crippen LogP) is 2.71. The average Bonchev–Trinajstić information content (AvgIpc) is 2.45. The summed E-state index contributed by atoms with van der Waals surface area (Å²) in [5.41, 5.74) is 1.09. The molecule has 0 radical (unpaired) electrons. The third kappa shape index (κ3) is 4.32. The number of amides is 1. The van der Waals surface area contributed by atoms with Crippen molar-refractivity contribution in [2.75, 3.05) is 0 Å². The number of alkyl carbamates (subject to hydrolysis) is 1. The van der Waals surface area contributed by atoms with E-state index in [4.69, 9.17) is 4.74 Å². The molecule has 0 bridgehead atoms. The van der Waals surface area contributed by atoms with Crippen molar-refractivity contribution in [3.05, 3.63) is 35.4 Å². The molecule has 0 aliphatic heterocycles. The molecule has 0 heterocycles. The van der Waals surface area contributed by atoms with Crippen LogP contribution in [0, 0.1) is 5.92 Å². The van der Waals surface area contributed by atoms with Gasteiger partial charge in [-0.3, -0.25) is 4.79 Å². The third-order valence-corrected chi connectivity index (χ3v) is 4.01. The number of carbonyl (C=O) groups excluding carboxylic acids is 2. The van der Waals surface area contributed by atoms with Gasteiger partial charge in [0.1, 0.15) is 5.60 Å². The lowest BCUT2D eigenvalue weighted by molar-refractivity contribution is 0.0313. The van der Waals surface area contributed by atoms with Crippen LogP contribution >= 0.6 is 0 Å². The maximum atomic E-state index is 12.6. The smallest absolute Gasteiger partial charge is 0.407 e. The van der Waals surface area contributed by atoms with Gasteiger partial charge in [0.25, 0.3) is 0 Å². The maximum absolute atomic E-state index is 12.6. The number of benzene rings is 1. The van der Waals surface area contributed by atoms with E-state index in [1.807, 2.05) is 18.2 Å². The predicted molar refractivity (Wildman–Crippen MR) is 87.4 cm³/mol. The summed E-state index contributed by atoms with van der Waals surface area (Å²) in [6.45, 7) is 7.00. The second kappa shape index (κ2) is 6.71. The molecule has 1 aromatic rings. The molecule has 1 aliphatic carbocycles. The Morgan fingerprint density at radius 1 is 1.35 bits per heavy atom. The number of nitrogens with one attached hydrogen (secondary N) is 1. The SMILES string of the molecule is C[C@H](NC(=O)OC(C)(C)C)C(O)C1CCc2ccccc2C1=O. The van der Waals surface area contributed by atoms with Crippen molar-refractivity contribution in [2.45, 2.75) is 58.3 Å². The van der Waals surface area contributed by atoms with Crippen molar-refractivity contribution >= 4 is 11.9 Å². The van der Waals surface area contributed by atoms with Crippen LogP contribution in [0.25, 0.3) is 0 Å². The topological polar surface area (TPSA) is 75.6 Å². The normalized spacial score (nSPS) is 20.4. The number of aliphatic hydroxyl groups excluding tert-OH is 1. The van der Waals surface area contributed by atoms with E-state index in [2.05, 4.69) is 5.32 Å². The van der Waals surface area contributed by atoms with Crippen LogP contribution in [-0.4, -0.2) is 34.7 Å². The molecule has 126 valence electrons. The van der Waals surface area contributed by atoms with Crippen molar-refractivity contribution in [3.63, 3.8) is 0 Å². The average molecular weight is 319 g/mol. The summed E-state index contributed by atoms with van der Waals surface area (Å²) in [5.74, 6) is -0.563. The van der Waals surface area contributed by atoms with Gasteiger partial charge in [-0.15, -0.1) is 0 Å². The highest BCUT2D eigenvalue weighted by molar-refractivity contribution is 6.00. The first-order chi connectivity index (χ1) is 10.7. The minimum Gasteiger partial charge on any atom is -0.444 e. The third-order valence-electron chi connectivity index (χ3n) is 4.01. The Kier molecular flexibility index (Phi) is 5.09. The molecule has 0 aromatic heterocycles. The van der Waals surface area contributed by atoms with E-state index in [1.54, 1.807) is 33.8 Å². The fourth-order valence-corrected chi connectivity index (χ4v) is 2.87. The zero-order valence-corrected chi connectivity index (χ0v) is 14.1. The van der Waals surface area contributed by atoms with E-state index in [-0.39, 0.29) is 5.78 Å². The molecule has 3 atom stereocenters. The standard InChI is InChI=1S/C18H25NO4/c1-11(19-17(22)23-18(2,3)4)15(20)14-10-9-12-7-5-6-8-13(12)16(14)21/h5-8,11,14-15,20H,9-10H2,1-4H3,(H,19,22)/t11-,14?,15?/m0/s1. The van der Waals surface area contributed by atoms with Crippen LogP contribution in [0.5, 0.6) is 0 Å². The summed E-state index contributed by atoms with van der Waals surface area (Å²) >= 11 is 0. The summed E-state index contributed by atoms with van der Waals surface area (Å²) in [5, 5.41) is 13.1. The van der Waals surface area contributed by atoms with Crippen molar-refractivity contribution in [1.82, 2.24) is 5.32 Å². The molecule has 0 spiro atoms. The molecule has 2 rings (SSSR count). The number of aliphatic hydroxyl groups is 1. The van der Waals surface area contributed by atoms with Gasteiger partial charge in [0.05, 0.1) is 18.1 Å². The number of hydrogen-bond donors (Lipinski definition) is 2. The van der Waals surface area contributed by atoms with E-state index in [1.165, 1.54) is 0 Å². The molecule has 23 heavy (non-hydrogen) atoms. The zero-order chi connectivity index (χ0) is 17.2. The second-order valence-corrected chi connectivity index (χ2v) is 7.09. The Morgan fingerprint density at radius 3 is 2.65 bits per heavy atom. The number of aryl methyl sites for hydroxylation is 1. The lowest BCUT2D eigenvalue weighted by Gasteiger charge is -2.31. The quantitative estimate of drug-likeness (QED) is 0.898. The van der Waals surface area contributed by atoms with Crippen molar-refractivity contribution < 1.29 is 19.4 Å². The van der Waals surface area contributed by atoms with Gasteiger partial charge in [-0.2, -0.15) is 0 Å². The fourth-order valence-electron chi connectivity index (χ4n) is 2.87. The monoisotopic (exact) mass is 319 g/mol. The van der Waals surface area contributed by atoms with Gasteiger partial charge >= 0.3 is 6.09 Å². The Hall–Kier alpha value is -1.88. The highest BCUT2D eigenvalue weighted by atomic mass is 16.6. The van der Waals surface area contributed by atoms with Crippen molar-refractivity contribution in [2.24, 2.45) is 5.92 Å². The number of fused-ring (bicyclic) bond motifs is 1. The van der Waals surface area contributed by atoms with Crippen LogP contribution in [0.4, 0.5) is 4.79 Å². The second-order valence-electron chi connectivity index (χ2n) is 7.09. The summed E-state index contributed by atoms with van der Waals surface area (Å²) < 4.78 is 5.18. The molecule has 5 heteroatoms. The first-order valence-corrected chi connectivity index (χ1v) is 7.99. The molecule has 5 nitrogen and oxygen atoms in total. The molecular weight excluding hydrogens is 294 g/mol. The van der Waals surface area contributed by atoms with Crippen LogP contribution in [0.3, 0.4) is 0 Å². The Morgan fingerprint density at radius 2 is 2.00 bits per heavy atom. The van der Waals surface area contributed by atoms with E-state index >= 15 is 0 Å². The molecule has 0 saturated carbocycles. The minimum atomic E-state index is -0.941. The number of hydrogen-bond acceptors (Lipinski definition) is 4. The highest BCUT2D eigenvalue weighted by Crippen LogP contribution is 2.28. The van der Waals surface area contributed by atoms with Gasteiger partial charge in [0.2, 0.25) is 0 Å². The Bertz CT molecular complexity index is 591. The van der Waals surface area contributed by atoms with Crippen LogP contribution < -0.4 is 5.32 Å². The van der Waals surface area contributed by atoms with Crippen molar-refractivity contribution in [1.29, 1.82) is 0 Å². The van der Waals surface area contributed by atoms with Gasteiger partial charge in [-0.25, -0.2) is 4.79 Å². The molecule has 0 fully saturated rings. The molecular formula is C18H25NO4. The molecule has 2 unspecified atom stereocenters. The largest absolute Gasteiger partial charge is 0.444 e. The molecule has 1 aromatic carbocycles. The first-order valence-electron chi connectivity index (χ1n) is 7.99. The number of ether oxygens (including phenoxy) is 1. The van der Waals surface area contributed by atoms with Crippen LogP contribution in [0.15, 0.2) is 24.3 Å².